The zero-order valence-corrected chi connectivity index (χ0v) is 12.1. The maximum atomic E-state index is 5.77. The third-order valence-electron chi connectivity index (χ3n) is 3.63. The Balaban J connectivity index is 1.79. The lowest BCUT2D eigenvalue weighted by molar-refractivity contribution is 0.342. The lowest BCUT2D eigenvalue weighted by Crippen LogP contribution is -2.24. The van der Waals surface area contributed by atoms with Crippen molar-refractivity contribution >= 4 is 0 Å². The van der Waals surface area contributed by atoms with Gasteiger partial charge in [-0.05, 0) is 48.7 Å². The molecule has 0 spiro atoms. The van der Waals surface area contributed by atoms with Crippen molar-refractivity contribution in [2.24, 2.45) is 5.73 Å². The van der Waals surface area contributed by atoms with Crippen LogP contribution in [0.1, 0.15) is 16.7 Å². The quantitative estimate of drug-likeness (QED) is 0.838. The van der Waals surface area contributed by atoms with Gasteiger partial charge in [-0.3, -0.25) is 4.98 Å². The number of benzene rings is 1. The Hall–Kier alpha value is -1.71. The monoisotopic (exact) mass is 269 g/mol. The molecule has 0 aliphatic rings. The van der Waals surface area contributed by atoms with Crippen LogP contribution in [-0.2, 0) is 19.4 Å². The Morgan fingerprint density at radius 3 is 2.30 bits per heavy atom. The minimum Gasteiger partial charge on any atom is -0.326 e. The predicted octanol–water partition coefficient (Wildman–Crippen LogP) is 2.26. The molecule has 106 valence electrons. The van der Waals surface area contributed by atoms with Crippen LogP contribution in [-0.4, -0.2) is 30.0 Å². The van der Waals surface area contributed by atoms with Crippen LogP contribution < -0.4 is 5.73 Å². The van der Waals surface area contributed by atoms with Gasteiger partial charge in [0, 0.05) is 32.0 Å². The van der Waals surface area contributed by atoms with Gasteiger partial charge in [0.05, 0.1) is 0 Å². The van der Waals surface area contributed by atoms with Crippen molar-refractivity contribution < 1.29 is 0 Å². The fraction of sp³-hybridized carbons (Fsp3) is 0.353. The van der Waals surface area contributed by atoms with E-state index in [9.17, 15) is 0 Å². The second kappa shape index (κ2) is 7.78. The largest absolute Gasteiger partial charge is 0.326 e. The van der Waals surface area contributed by atoms with Crippen molar-refractivity contribution in [3.63, 3.8) is 0 Å². The third-order valence-corrected chi connectivity index (χ3v) is 3.63. The molecule has 0 radical (unpaired) electrons. The molecule has 0 aliphatic heterocycles. The fourth-order valence-electron chi connectivity index (χ4n) is 2.29. The van der Waals surface area contributed by atoms with E-state index in [1.807, 2.05) is 12.4 Å². The van der Waals surface area contributed by atoms with E-state index >= 15 is 0 Å². The molecule has 0 aliphatic carbocycles. The van der Waals surface area contributed by atoms with E-state index in [4.69, 9.17) is 5.73 Å². The van der Waals surface area contributed by atoms with Gasteiger partial charge in [-0.15, -0.1) is 0 Å². The number of pyridine rings is 1. The number of hydrogen-bond acceptors (Lipinski definition) is 3. The molecule has 0 saturated carbocycles. The Bertz CT molecular complexity index is 511. The van der Waals surface area contributed by atoms with Gasteiger partial charge in [-0.1, -0.05) is 24.3 Å². The molecule has 1 heterocycles. The number of likely N-dealkylation sites (N-methyl/N-ethyl adjacent to an activating group) is 1. The van der Waals surface area contributed by atoms with E-state index in [0.29, 0.717) is 6.54 Å². The van der Waals surface area contributed by atoms with Crippen molar-refractivity contribution in [1.82, 2.24) is 9.88 Å². The van der Waals surface area contributed by atoms with Crippen LogP contribution >= 0.6 is 0 Å². The molecule has 0 atom stereocenters. The molecule has 2 aromatic rings. The van der Waals surface area contributed by atoms with E-state index in [-0.39, 0.29) is 0 Å². The number of rotatable bonds is 7. The Morgan fingerprint density at radius 2 is 1.60 bits per heavy atom. The standard InChI is InChI=1S/C17H23N3/c1-20(12-8-15-6-10-19-11-7-15)13-9-16-4-2-3-5-17(16)14-18/h2-7,10-11H,8-9,12-14,18H2,1H3. The summed E-state index contributed by atoms with van der Waals surface area (Å²) < 4.78 is 0. The summed E-state index contributed by atoms with van der Waals surface area (Å²) in [6.07, 6.45) is 5.83. The molecule has 1 aromatic heterocycles. The summed E-state index contributed by atoms with van der Waals surface area (Å²) in [5.74, 6) is 0. The van der Waals surface area contributed by atoms with Crippen LogP contribution in [0.2, 0.25) is 0 Å². The molecule has 2 rings (SSSR count). The molecule has 0 unspecified atom stereocenters. The molecular weight excluding hydrogens is 246 g/mol. The van der Waals surface area contributed by atoms with Crippen LogP contribution in [0.25, 0.3) is 0 Å². The highest BCUT2D eigenvalue weighted by atomic mass is 15.1. The van der Waals surface area contributed by atoms with E-state index in [2.05, 4.69) is 53.3 Å². The first kappa shape index (κ1) is 14.7. The summed E-state index contributed by atoms with van der Waals surface area (Å²) in [6.45, 7) is 2.74. The van der Waals surface area contributed by atoms with Crippen LogP contribution in [0.4, 0.5) is 0 Å². The fourth-order valence-corrected chi connectivity index (χ4v) is 2.29. The molecule has 0 bridgehead atoms. The summed E-state index contributed by atoms with van der Waals surface area (Å²) in [5.41, 5.74) is 9.74. The van der Waals surface area contributed by atoms with Crippen LogP contribution in [0.15, 0.2) is 48.8 Å². The minimum absolute atomic E-state index is 0.622. The Labute approximate surface area is 121 Å². The molecular formula is C17H23N3. The topological polar surface area (TPSA) is 42.2 Å². The number of hydrogen-bond donors (Lipinski definition) is 1. The second-order valence-corrected chi connectivity index (χ2v) is 5.13. The van der Waals surface area contributed by atoms with Gasteiger partial charge in [0.1, 0.15) is 0 Å². The molecule has 2 N–H and O–H groups in total. The average molecular weight is 269 g/mol. The first-order valence-electron chi connectivity index (χ1n) is 7.14. The summed E-state index contributed by atoms with van der Waals surface area (Å²) in [5, 5.41) is 0. The van der Waals surface area contributed by atoms with Gasteiger partial charge in [0.15, 0.2) is 0 Å². The first-order valence-corrected chi connectivity index (χ1v) is 7.14. The van der Waals surface area contributed by atoms with Crippen molar-refractivity contribution in [2.45, 2.75) is 19.4 Å². The highest BCUT2D eigenvalue weighted by Crippen LogP contribution is 2.09. The molecule has 0 amide bonds. The van der Waals surface area contributed by atoms with Crippen molar-refractivity contribution in [1.29, 1.82) is 0 Å². The van der Waals surface area contributed by atoms with Crippen molar-refractivity contribution in [2.75, 3.05) is 20.1 Å². The first-order chi connectivity index (χ1) is 9.79. The molecule has 0 fully saturated rings. The number of nitrogens with zero attached hydrogens (tertiary/aromatic N) is 2. The van der Waals surface area contributed by atoms with E-state index in [0.717, 1.165) is 25.9 Å². The van der Waals surface area contributed by atoms with Crippen LogP contribution in [0, 0.1) is 0 Å². The number of aromatic nitrogens is 1. The summed E-state index contributed by atoms with van der Waals surface area (Å²) in [6, 6.07) is 12.6. The zero-order valence-electron chi connectivity index (χ0n) is 12.1. The van der Waals surface area contributed by atoms with Crippen LogP contribution in [0.3, 0.4) is 0 Å². The average Bonchev–Trinajstić information content (AvgIpc) is 2.52. The van der Waals surface area contributed by atoms with E-state index in [1.165, 1.54) is 16.7 Å². The van der Waals surface area contributed by atoms with Gasteiger partial charge >= 0.3 is 0 Å². The molecule has 3 heteroatoms. The lowest BCUT2D eigenvalue weighted by atomic mass is 10.0. The highest BCUT2D eigenvalue weighted by molar-refractivity contribution is 5.27. The smallest absolute Gasteiger partial charge is 0.0270 e. The van der Waals surface area contributed by atoms with Gasteiger partial charge in [-0.2, -0.15) is 0 Å². The Kier molecular flexibility index (Phi) is 5.71. The van der Waals surface area contributed by atoms with E-state index in [1.54, 1.807) is 0 Å². The molecule has 0 saturated heterocycles. The van der Waals surface area contributed by atoms with Crippen molar-refractivity contribution in [3.8, 4) is 0 Å². The minimum atomic E-state index is 0.622. The summed E-state index contributed by atoms with van der Waals surface area (Å²) >= 11 is 0. The second-order valence-electron chi connectivity index (χ2n) is 5.13. The maximum Gasteiger partial charge on any atom is 0.0270 e. The molecule has 1 aromatic carbocycles. The van der Waals surface area contributed by atoms with E-state index < -0.39 is 0 Å². The molecule has 3 nitrogen and oxygen atoms in total. The molecule has 20 heavy (non-hydrogen) atoms. The van der Waals surface area contributed by atoms with Gasteiger partial charge < -0.3 is 10.6 Å². The number of nitrogens with two attached hydrogens (primary N) is 1. The van der Waals surface area contributed by atoms with Gasteiger partial charge in [0.2, 0.25) is 0 Å². The summed E-state index contributed by atoms with van der Waals surface area (Å²) in [4.78, 5) is 6.41. The van der Waals surface area contributed by atoms with Crippen molar-refractivity contribution in [3.05, 3.63) is 65.5 Å². The highest BCUT2D eigenvalue weighted by Gasteiger charge is 2.03. The zero-order chi connectivity index (χ0) is 14.2. The Morgan fingerprint density at radius 1 is 0.950 bits per heavy atom. The maximum absolute atomic E-state index is 5.77. The van der Waals surface area contributed by atoms with Gasteiger partial charge in [-0.25, -0.2) is 0 Å². The summed E-state index contributed by atoms with van der Waals surface area (Å²) in [7, 11) is 2.17. The lowest BCUT2D eigenvalue weighted by Gasteiger charge is -2.17. The SMILES string of the molecule is CN(CCc1ccncc1)CCc1ccccc1CN. The van der Waals surface area contributed by atoms with Gasteiger partial charge in [0.25, 0.3) is 0 Å². The predicted molar refractivity (Wildman–Crippen MR) is 83.5 cm³/mol. The van der Waals surface area contributed by atoms with Crippen LogP contribution in [0.5, 0.6) is 0 Å². The third kappa shape index (κ3) is 4.44. The normalized spacial score (nSPS) is 10.9.